The molecule has 3 aromatic rings. The Morgan fingerprint density at radius 1 is 1.07 bits per heavy atom. The molecule has 1 unspecified atom stereocenters. The SMILES string of the molecule is O=C1Nc2c(C3=CC=CC=CN3)cccc2C1c1c[nH]c2nccc(N[SH](=O)=O)c12. The number of H-pyrrole nitrogens is 1. The quantitative estimate of drug-likeness (QED) is 0.417. The van der Waals surface area contributed by atoms with Crippen LogP contribution in [0.3, 0.4) is 0 Å². The number of thiol groups is 1. The highest BCUT2D eigenvalue weighted by Gasteiger charge is 2.36. The van der Waals surface area contributed by atoms with Gasteiger partial charge in [-0.1, -0.05) is 30.4 Å². The van der Waals surface area contributed by atoms with Gasteiger partial charge in [-0.2, -0.15) is 0 Å². The predicted molar refractivity (Wildman–Crippen MR) is 116 cm³/mol. The molecular weight excluding hydrogens is 402 g/mol. The zero-order valence-corrected chi connectivity index (χ0v) is 16.4. The lowest BCUT2D eigenvalue weighted by Crippen LogP contribution is -2.13. The van der Waals surface area contributed by atoms with E-state index in [4.69, 9.17) is 0 Å². The third kappa shape index (κ3) is 2.96. The maximum atomic E-state index is 13.1. The molecule has 2 aliphatic rings. The Kier molecular flexibility index (Phi) is 4.36. The number of hydrogen-bond donors (Lipinski definition) is 5. The Labute approximate surface area is 173 Å². The fraction of sp³-hybridized carbons (Fsp3) is 0.0476. The second-order valence-electron chi connectivity index (χ2n) is 6.86. The number of aromatic nitrogens is 2. The fourth-order valence-electron chi connectivity index (χ4n) is 3.95. The van der Waals surface area contributed by atoms with Crippen molar-refractivity contribution in [3.8, 4) is 0 Å². The van der Waals surface area contributed by atoms with E-state index in [-0.39, 0.29) is 5.91 Å². The molecule has 0 radical (unpaired) electrons. The maximum absolute atomic E-state index is 13.1. The first-order valence-corrected chi connectivity index (χ1v) is 10.4. The van der Waals surface area contributed by atoms with Crippen LogP contribution in [0.15, 0.2) is 67.2 Å². The van der Waals surface area contributed by atoms with Gasteiger partial charge in [0.1, 0.15) is 5.65 Å². The van der Waals surface area contributed by atoms with Crippen LogP contribution in [-0.4, -0.2) is 24.3 Å². The van der Waals surface area contributed by atoms with E-state index in [1.807, 2.05) is 48.7 Å². The van der Waals surface area contributed by atoms with Crippen LogP contribution in [0.4, 0.5) is 11.4 Å². The molecular formula is C21H17N5O3S. The number of fused-ring (bicyclic) bond motifs is 2. The van der Waals surface area contributed by atoms with Gasteiger partial charge < -0.3 is 15.6 Å². The Hall–Kier alpha value is -3.85. The minimum atomic E-state index is -2.86. The van der Waals surface area contributed by atoms with E-state index in [2.05, 4.69) is 25.3 Å². The van der Waals surface area contributed by atoms with Crippen LogP contribution < -0.4 is 15.4 Å². The van der Waals surface area contributed by atoms with Crippen molar-refractivity contribution in [2.75, 3.05) is 10.0 Å². The molecule has 9 heteroatoms. The van der Waals surface area contributed by atoms with Crippen molar-refractivity contribution in [1.82, 2.24) is 15.3 Å². The van der Waals surface area contributed by atoms with Gasteiger partial charge in [0.05, 0.1) is 17.3 Å². The summed E-state index contributed by atoms with van der Waals surface area (Å²) in [5, 5.41) is 6.81. The van der Waals surface area contributed by atoms with Crippen LogP contribution >= 0.6 is 0 Å². The summed E-state index contributed by atoms with van der Waals surface area (Å²) in [6.45, 7) is 0. The van der Waals surface area contributed by atoms with E-state index in [1.54, 1.807) is 12.3 Å². The van der Waals surface area contributed by atoms with E-state index < -0.39 is 16.8 Å². The van der Waals surface area contributed by atoms with Gasteiger partial charge in [0, 0.05) is 35.2 Å². The topological polar surface area (TPSA) is 116 Å². The highest BCUT2D eigenvalue weighted by molar-refractivity contribution is 7.73. The second kappa shape index (κ2) is 7.20. The number of amides is 1. The molecule has 0 aliphatic carbocycles. The molecule has 150 valence electrons. The average molecular weight is 419 g/mol. The fourth-order valence-corrected chi connectivity index (χ4v) is 4.33. The molecule has 8 nitrogen and oxygen atoms in total. The molecule has 2 aromatic heterocycles. The molecule has 0 saturated carbocycles. The Morgan fingerprint density at radius 2 is 1.97 bits per heavy atom. The van der Waals surface area contributed by atoms with Crippen molar-refractivity contribution < 1.29 is 13.2 Å². The number of rotatable bonds is 4. The minimum Gasteiger partial charge on any atom is -0.361 e. The number of carbonyl (C=O) groups excluding carboxylic acids is 1. The van der Waals surface area contributed by atoms with Crippen LogP contribution in [-0.2, 0) is 15.7 Å². The van der Waals surface area contributed by atoms with Crippen LogP contribution in [0.5, 0.6) is 0 Å². The van der Waals surface area contributed by atoms with Gasteiger partial charge in [-0.3, -0.25) is 9.52 Å². The summed E-state index contributed by atoms with van der Waals surface area (Å²) in [6.07, 6.45) is 12.7. The molecule has 1 atom stereocenters. The summed E-state index contributed by atoms with van der Waals surface area (Å²) >= 11 is 0. The van der Waals surface area contributed by atoms with Gasteiger partial charge in [0.15, 0.2) is 0 Å². The maximum Gasteiger partial charge on any atom is 0.236 e. The van der Waals surface area contributed by atoms with Crippen LogP contribution in [0.1, 0.15) is 22.6 Å². The van der Waals surface area contributed by atoms with Gasteiger partial charge in [0.25, 0.3) is 0 Å². The lowest BCUT2D eigenvalue weighted by Gasteiger charge is -2.13. The van der Waals surface area contributed by atoms with Crippen molar-refractivity contribution in [3.05, 3.63) is 83.9 Å². The molecule has 0 fully saturated rings. The smallest absolute Gasteiger partial charge is 0.236 e. The summed E-state index contributed by atoms with van der Waals surface area (Å²) in [4.78, 5) is 20.4. The molecule has 0 saturated heterocycles. The molecule has 2 aliphatic heterocycles. The number of aromatic amines is 1. The first-order valence-electron chi connectivity index (χ1n) is 9.24. The van der Waals surface area contributed by atoms with Gasteiger partial charge in [-0.15, -0.1) is 0 Å². The number of nitrogens with one attached hydrogen (secondary N) is 4. The number of anilines is 2. The zero-order valence-electron chi connectivity index (χ0n) is 15.5. The third-order valence-electron chi connectivity index (χ3n) is 5.16. The van der Waals surface area contributed by atoms with Crippen LogP contribution in [0.25, 0.3) is 16.7 Å². The largest absolute Gasteiger partial charge is 0.361 e. The number of pyridine rings is 1. The average Bonchev–Trinajstić information content (AvgIpc) is 3.16. The number of carbonyl (C=O) groups is 1. The van der Waals surface area contributed by atoms with Crippen molar-refractivity contribution in [2.24, 2.45) is 0 Å². The van der Waals surface area contributed by atoms with Crippen molar-refractivity contribution in [3.63, 3.8) is 0 Å². The molecule has 1 aromatic carbocycles. The first-order chi connectivity index (χ1) is 14.6. The Morgan fingerprint density at radius 3 is 2.83 bits per heavy atom. The van der Waals surface area contributed by atoms with E-state index in [9.17, 15) is 13.2 Å². The van der Waals surface area contributed by atoms with Crippen molar-refractivity contribution in [2.45, 2.75) is 5.92 Å². The third-order valence-corrected chi connectivity index (χ3v) is 5.58. The van der Waals surface area contributed by atoms with Crippen molar-refractivity contribution in [1.29, 1.82) is 0 Å². The van der Waals surface area contributed by atoms with Crippen molar-refractivity contribution >= 4 is 44.9 Å². The van der Waals surface area contributed by atoms with E-state index in [1.165, 1.54) is 6.20 Å². The number of para-hydroxylation sites is 1. The monoisotopic (exact) mass is 419 g/mol. The standard InChI is InChI=1S/C21H17N5O3S/c27-21-17(14-11-24-20-18(14)16(8-10-23-20)26-30(28)29)13-6-4-5-12(19(13)25-21)15-7-2-1-3-9-22-15/h1-11,17,22,30H,(H,25,27)(H2,23,24,26,28,29). The van der Waals surface area contributed by atoms with Gasteiger partial charge in [0.2, 0.25) is 16.8 Å². The summed E-state index contributed by atoms with van der Waals surface area (Å²) in [5.41, 5.74) is 4.84. The second-order valence-corrected chi connectivity index (χ2v) is 7.59. The summed E-state index contributed by atoms with van der Waals surface area (Å²) in [5.74, 6) is -0.777. The lowest BCUT2D eigenvalue weighted by molar-refractivity contribution is -0.116. The summed E-state index contributed by atoms with van der Waals surface area (Å²) in [6, 6.07) is 7.33. The van der Waals surface area contributed by atoms with E-state index >= 15 is 0 Å². The first kappa shape index (κ1) is 18.2. The normalized spacial score (nSPS) is 17.4. The molecule has 30 heavy (non-hydrogen) atoms. The van der Waals surface area contributed by atoms with Crippen LogP contribution in [0.2, 0.25) is 0 Å². The zero-order chi connectivity index (χ0) is 20.7. The number of allylic oxidation sites excluding steroid dienone is 4. The predicted octanol–water partition coefficient (Wildman–Crippen LogP) is 2.60. The van der Waals surface area contributed by atoms with Crippen LogP contribution in [0, 0.1) is 0 Å². The molecule has 0 spiro atoms. The molecule has 0 bridgehead atoms. The summed E-state index contributed by atoms with van der Waals surface area (Å²) < 4.78 is 25.0. The highest BCUT2D eigenvalue weighted by Crippen LogP contribution is 2.44. The Balaban J connectivity index is 1.67. The number of nitrogens with zero attached hydrogens (tertiary/aromatic N) is 1. The molecule has 5 rings (SSSR count). The number of benzene rings is 1. The number of hydrogen-bond acceptors (Lipinski definition) is 5. The minimum absolute atomic E-state index is 0.181. The summed E-state index contributed by atoms with van der Waals surface area (Å²) in [7, 11) is -2.86. The van der Waals surface area contributed by atoms with Gasteiger partial charge in [-0.05, 0) is 29.3 Å². The van der Waals surface area contributed by atoms with Gasteiger partial charge in [-0.25, -0.2) is 13.4 Å². The molecule has 4 heterocycles. The molecule has 4 N–H and O–H groups in total. The molecule has 1 amide bonds. The van der Waals surface area contributed by atoms with E-state index in [0.717, 1.165) is 22.5 Å². The lowest BCUT2D eigenvalue weighted by atomic mass is 9.91. The van der Waals surface area contributed by atoms with E-state index in [0.29, 0.717) is 22.3 Å². The highest BCUT2D eigenvalue weighted by atomic mass is 32.2. The van der Waals surface area contributed by atoms with Gasteiger partial charge >= 0.3 is 0 Å². The Bertz CT molecular complexity index is 1340.